The predicted molar refractivity (Wildman–Crippen MR) is 315 cm³/mol. The molecule has 0 heterocycles. The number of unbranched alkanes of at least 4 members (excludes halogenated alkanes) is 1. The van der Waals surface area contributed by atoms with Crippen molar-refractivity contribution < 1.29 is 28.6 Å². The number of ether oxygens (including phenoxy) is 3. The molecular formula is C67H96O6. The van der Waals surface area contributed by atoms with E-state index >= 15 is 0 Å². The molecule has 0 saturated heterocycles. The van der Waals surface area contributed by atoms with Crippen molar-refractivity contribution in [3.05, 3.63) is 207 Å². The maximum Gasteiger partial charge on any atom is 0.306 e. The highest BCUT2D eigenvalue weighted by atomic mass is 16.6. The smallest absolute Gasteiger partial charge is 0.306 e. The normalized spacial score (nSPS) is 13.7. The summed E-state index contributed by atoms with van der Waals surface area (Å²) in [5.74, 6) is -1.22. The van der Waals surface area contributed by atoms with Gasteiger partial charge >= 0.3 is 17.9 Å². The fourth-order valence-electron chi connectivity index (χ4n) is 6.29. The molecule has 73 heavy (non-hydrogen) atoms. The molecule has 0 saturated carbocycles. The van der Waals surface area contributed by atoms with Gasteiger partial charge in [0.15, 0.2) is 6.10 Å². The minimum Gasteiger partial charge on any atom is -0.462 e. The molecule has 6 heteroatoms. The zero-order chi connectivity index (χ0) is 52.9. The van der Waals surface area contributed by atoms with Gasteiger partial charge in [0.1, 0.15) is 13.2 Å². The first-order valence-electron chi connectivity index (χ1n) is 27.6. The third kappa shape index (κ3) is 56.8. The molecule has 0 aromatic heterocycles. The molecule has 0 aromatic carbocycles. The Morgan fingerprint density at radius 3 is 0.740 bits per heavy atom. The molecule has 0 bridgehead atoms. The van der Waals surface area contributed by atoms with E-state index in [1.54, 1.807) is 0 Å². The Morgan fingerprint density at radius 2 is 0.493 bits per heavy atom. The summed E-state index contributed by atoms with van der Waals surface area (Å²) < 4.78 is 16.6. The summed E-state index contributed by atoms with van der Waals surface area (Å²) >= 11 is 0. The number of hydrogen-bond acceptors (Lipinski definition) is 6. The maximum absolute atomic E-state index is 12.8. The third-order valence-electron chi connectivity index (χ3n) is 10.3. The number of carbonyl (C=O) groups is 3. The number of allylic oxidation sites excluding steroid dienone is 34. The van der Waals surface area contributed by atoms with Crippen LogP contribution in [0.5, 0.6) is 0 Å². The van der Waals surface area contributed by atoms with Gasteiger partial charge in [-0.25, -0.2) is 0 Å². The molecule has 1 atom stereocenters. The maximum atomic E-state index is 12.8. The molecule has 6 nitrogen and oxygen atoms in total. The number of carbonyl (C=O) groups excluding carboxylic acids is 3. The summed E-state index contributed by atoms with van der Waals surface area (Å²) in [4.78, 5) is 38.1. The monoisotopic (exact) mass is 997 g/mol. The minimum absolute atomic E-state index is 0.177. The number of hydrogen-bond donors (Lipinski definition) is 0. The summed E-state index contributed by atoms with van der Waals surface area (Å²) in [7, 11) is 0. The predicted octanol–water partition coefficient (Wildman–Crippen LogP) is 18.9. The first-order valence-corrected chi connectivity index (χ1v) is 27.6. The standard InChI is InChI=1S/C67H96O6/c1-4-7-10-13-16-19-22-25-28-31-33-36-38-41-44-47-50-53-56-59-65(68)71-62-64(73-67(70)61-58-55-52-49-46-43-40-35-30-27-24-21-18-15-12-9-6-3)63-72-66(69)60-57-54-51-48-45-42-39-37-34-32-29-26-23-20-17-14-11-8-5-2/h7-12,16-21,25-30,33-34,36-37,40-45,49-54,64H,4-6,13-15,22-24,31-32,35,38-39,46-48,55-63H2,1-3H3/b10-7-,11-8-,12-9-,19-16-,20-17+,21-18-,28-25-,29-26-,30-27-,36-33-,37-34+,43-40+,44-41-,45-42-,52-49-,53-50-,54-51-. The molecule has 0 fully saturated rings. The molecule has 400 valence electrons. The lowest BCUT2D eigenvalue weighted by Gasteiger charge is -2.18. The van der Waals surface area contributed by atoms with E-state index in [1.807, 2.05) is 24.3 Å². The van der Waals surface area contributed by atoms with Gasteiger partial charge in [-0.1, -0.05) is 227 Å². The van der Waals surface area contributed by atoms with E-state index in [0.717, 1.165) is 116 Å². The van der Waals surface area contributed by atoms with Gasteiger partial charge < -0.3 is 14.2 Å². The Balaban J connectivity index is 4.76. The number of rotatable bonds is 46. The molecule has 0 rings (SSSR count). The van der Waals surface area contributed by atoms with E-state index in [0.29, 0.717) is 19.3 Å². The van der Waals surface area contributed by atoms with E-state index in [1.165, 1.54) is 0 Å². The second kappa shape index (κ2) is 58.6. The van der Waals surface area contributed by atoms with Crippen LogP contribution in [-0.4, -0.2) is 37.2 Å². The van der Waals surface area contributed by atoms with Crippen LogP contribution in [0.1, 0.15) is 175 Å². The Kier molecular flexibility index (Phi) is 53.7. The van der Waals surface area contributed by atoms with Crippen LogP contribution in [0.15, 0.2) is 207 Å². The average Bonchev–Trinajstić information content (AvgIpc) is 3.39. The zero-order valence-corrected chi connectivity index (χ0v) is 45.5. The summed E-state index contributed by atoms with van der Waals surface area (Å²) in [6.45, 7) is 6.08. The van der Waals surface area contributed by atoms with Gasteiger partial charge in [-0.05, 0) is 135 Å². The fraction of sp³-hybridized carbons (Fsp3) is 0.448. The van der Waals surface area contributed by atoms with Gasteiger partial charge in [-0.3, -0.25) is 14.4 Å². The van der Waals surface area contributed by atoms with Crippen molar-refractivity contribution in [2.45, 2.75) is 181 Å². The summed E-state index contributed by atoms with van der Waals surface area (Å²) in [6.07, 6.45) is 91.3. The second-order valence-corrected chi connectivity index (χ2v) is 17.0. The molecule has 0 amide bonds. The summed E-state index contributed by atoms with van der Waals surface area (Å²) in [5, 5.41) is 0. The van der Waals surface area contributed by atoms with Crippen molar-refractivity contribution in [2.24, 2.45) is 0 Å². The SMILES string of the molecule is CC/C=C\C/C=C\C/C=C\C/C=C\C/C=C\C/C=C\CCC(=O)OCC(COC(=O)CC/C=C\C/C=C\C/C=C/C/C=C\C/C=C/C/C=C\CC)OC(=O)CCC/C=C\C/C=C/C/C=C\C/C=C\C/C=C\CC. The largest absolute Gasteiger partial charge is 0.462 e. The zero-order valence-electron chi connectivity index (χ0n) is 45.5. The van der Waals surface area contributed by atoms with Crippen LogP contribution in [0.3, 0.4) is 0 Å². The van der Waals surface area contributed by atoms with E-state index < -0.39 is 24.0 Å². The van der Waals surface area contributed by atoms with Gasteiger partial charge in [0.2, 0.25) is 0 Å². The topological polar surface area (TPSA) is 78.9 Å². The van der Waals surface area contributed by atoms with Crippen LogP contribution >= 0.6 is 0 Å². The van der Waals surface area contributed by atoms with Gasteiger partial charge in [-0.15, -0.1) is 0 Å². The van der Waals surface area contributed by atoms with Gasteiger partial charge in [-0.2, -0.15) is 0 Å². The van der Waals surface area contributed by atoms with Crippen molar-refractivity contribution >= 4 is 17.9 Å². The molecule has 1 unspecified atom stereocenters. The van der Waals surface area contributed by atoms with Crippen LogP contribution in [0.25, 0.3) is 0 Å². The van der Waals surface area contributed by atoms with Crippen LogP contribution in [0.2, 0.25) is 0 Å². The lowest BCUT2D eigenvalue weighted by atomic mass is 10.2. The van der Waals surface area contributed by atoms with Crippen molar-refractivity contribution in [3.8, 4) is 0 Å². The molecule has 0 aliphatic carbocycles. The van der Waals surface area contributed by atoms with Crippen molar-refractivity contribution in [1.82, 2.24) is 0 Å². The Hall–Kier alpha value is -6.01. The first kappa shape index (κ1) is 67.0. The van der Waals surface area contributed by atoms with Crippen LogP contribution in [0.4, 0.5) is 0 Å². The highest BCUT2D eigenvalue weighted by Crippen LogP contribution is 2.08. The minimum atomic E-state index is -0.883. The average molecular weight is 997 g/mol. The van der Waals surface area contributed by atoms with E-state index in [4.69, 9.17) is 14.2 Å². The lowest BCUT2D eigenvalue weighted by molar-refractivity contribution is -0.166. The second-order valence-electron chi connectivity index (χ2n) is 17.0. The third-order valence-corrected chi connectivity index (χ3v) is 10.3. The van der Waals surface area contributed by atoms with Crippen LogP contribution < -0.4 is 0 Å². The van der Waals surface area contributed by atoms with Crippen molar-refractivity contribution in [2.75, 3.05) is 13.2 Å². The summed E-state index contributed by atoms with van der Waals surface area (Å²) in [6, 6.07) is 0. The van der Waals surface area contributed by atoms with E-state index in [-0.39, 0.29) is 32.5 Å². The van der Waals surface area contributed by atoms with Crippen LogP contribution in [0, 0.1) is 0 Å². The molecule has 0 aromatic rings. The van der Waals surface area contributed by atoms with Gasteiger partial charge in [0.25, 0.3) is 0 Å². The fourth-order valence-corrected chi connectivity index (χ4v) is 6.29. The molecular weight excluding hydrogens is 901 g/mol. The Bertz CT molecular complexity index is 1770. The van der Waals surface area contributed by atoms with E-state index in [2.05, 4.69) is 203 Å². The first-order chi connectivity index (χ1) is 36.0. The Labute approximate surface area is 445 Å². The van der Waals surface area contributed by atoms with Gasteiger partial charge in [0, 0.05) is 19.3 Å². The number of esters is 3. The summed E-state index contributed by atoms with van der Waals surface area (Å²) in [5.41, 5.74) is 0. The van der Waals surface area contributed by atoms with Crippen molar-refractivity contribution in [3.63, 3.8) is 0 Å². The quantitative estimate of drug-likeness (QED) is 0.0262. The highest BCUT2D eigenvalue weighted by Gasteiger charge is 2.19. The van der Waals surface area contributed by atoms with Gasteiger partial charge in [0.05, 0.1) is 0 Å². The van der Waals surface area contributed by atoms with E-state index in [9.17, 15) is 14.4 Å². The van der Waals surface area contributed by atoms with Crippen molar-refractivity contribution in [1.29, 1.82) is 0 Å². The Morgan fingerprint density at radius 1 is 0.274 bits per heavy atom. The van der Waals surface area contributed by atoms with Crippen LogP contribution in [-0.2, 0) is 28.6 Å². The molecule has 0 aliphatic heterocycles. The molecule has 0 radical (unpaired) electrons. The molecule has 0 spiro atoms. The molecule has 0 N–H and O–H groups in total. The highest BCUT2D eigenvalue weighted by molar-refractivity contribution is 5.71. The molecule has 0 aliphatic rings. The lowest BCUT2D eigenvalue weighted by Crippen LogP contribution is -2.30.